The summed E-state index contributed by atoms with van der Waals surface area (Å²) in [5, 5.41) is 9.31. The Balaban J connectivity index is 1.30. The van der Waals surface area contributed by atoms with E-state index >= 15 is 0 Å². The second kappa shape index (κ2) is 17.0. The Morgan fingerprint density at radius 2 is 1.62 bits per heavy atom. The highest BCUT2D eigenvalue weighted by atomic mass is 79.9. The van der Waals surface area contributed by atoms with Gasteiger partial charge in [-0.05, 0) is 95.9 Å². The summed E-state index contributed by atoms with van der Waals surface area (Å²) < 4.78 is 27.9. The molecule has 0 saturated carbocycles. The number of halogens is 1. The SMILES string of the molecule is CCOC(=O)C1=C(C)NC(=O)N[C@@H]1c1ccc(OCC(=O)N/N=C/c2ccc(OCc3ccc(C(=O)OCC)cc3)c(Br)c2)c(OC)c1. The van der Waals surface area contributed by atoms with Crippen molar-refractivity contribution in [2.24, 2.45) is 5.10 Å². The van der Waals surface area contributed by atoms with Gasteiger partial charge in [-0.15, -0.1) is 0 Å². The van der Waals surface area contributed by atoms with Gasteiger partial charge in [0.15, 0.2) is 18.1 Å². The van der Waals surface area contributed by atoms with Gasteiger partial charge in [0.25, 0.3) is 5.91 Å². The maximum absolute atomic E-state index is 12.6. The van der Waals surface area contributed by atoms with E-state index in [0.29, 0.717) is 51.6 Å². The van der Waals surface area contributed by atoms with Crippen LogP contribution in [0.5, 0.6) is 17.2 Å². The molecule has 0 aliphatic carbocycles. The van der Waals surface area contributed by atoms with Gasteiger partial charge in [-0.3, -0.25) is 4.79 Å². The van der Waals surface area contributed by atoms with E-state index < -0.39 is 23.9 Å². The maximum atomic E-state index is 12.6. The summed E-state index contributed by atoms with van der Waals surface area (Å²) in [6.07, 6.45) is 1.47. The Morgan fingerprint density at radius 3 is 2.31 bits per heavy atom. The minimum absolute atomic E-state index is 0.176. The Hall–Kier alpha value is -5.37. The largest absolute Gasteiger partial charge is 0.493 e. The zero-order valence-electron chi connectivity index (χ0n) is 26.8. The van der Waals surface area contributed by atoms with Crippen molar-refractivity contribution in [2.45, 2.75) is 33.4 Å². The lowest BCUT2D eigenvalue weighted by Gasteiger charge is -2.28. The Bertz CT molecular complexity index is 1720. The molecule has 252 valence electrons. The van der Waals surface area contributed by atoms with Crippen molar-refractivity contribution in [1.82, 2.24) is 16.1 Å². The van der Waals surface area contributed by atoms with Crippen LogP contribution in [0.3, 0.4) is 0 Å². The number of hydrogen-bond acceptors (Lipinski definition) is 10. The number of allylic oxidation sites excluding steroid dienone is 1. The average molecular weight is 724 g/mol. The standard InChI is InChI=1S/C34H35BrN4O9/c1-5-45-32(41)23-10-7-21(8-11-23)18-47-26-13-9-22(15-25(26)35)17-36-39-29(40)19-48-27-14-12-24(16-28(27)44-4)31-30(33(42)46-6-2)20(3)37-34(43)38-31/h7-17,31H,5-6,18-19H2,1-4H3,(H,39,40)(H2,37,38,43)/b36-17+/t31-/m1/s1. The lowest BCUT2D eigenvalue weighted by molar-refractivity contribution is -0.139. The van der Waals surface area contributed by atoms with Crippen molar-refractivity contribution >= 4 is 46.0 Å². The number of methoxy groups -OCH3 is 1. The van der Waals surface area contributed by atoms with Gasteiger partial charge in [0.05, 0.1) is 48.2 Å². The second-order valence-electron chi connectivity index (χ2n) is 10.2. The number of rotatable bonds is 14. The quantitative estimate of drug-likeness (QED) is 0.119. The number of nitrogens with zero attached hydrogens (tertiary/aromatic N) is 1. The first-order chi connectivity index (χ1) is 23.1. The Morgan fingerprint density at radius 1 is 0.917 bits per heavy atom. The maximum Gasteiger partial charge on any atom is 0.338 e. The molecule has 1 atom stereocenters. The molecule has 3 aromatic carbocycles. The highest BCUT2D eigenvalue weighted by Gasteiger charge is 2.32. The van der Waals surface area contributed by atoms with Crippen LogP contribution in [0.2, 0.25) is 0 Å². The van der Waals surface area contributed by atoms with Crippen LogP contribution in [0.1, 0.15) is 53.9 Å². The van der Waals surface area contributed by atoms with Crippen LogP contribution in [-0.2, 0) is 25.7 Å². The number of ether oxygens (including phenoxy) is 5. The number of benzene rings is 3. The monoisotopic (exact) mass is 722 g/mol. The molecule has 0 bridgehead atoms. The summed E-state index contributed by atoms with van der Waals surface area (Å²) in [6.45, 7) is 5.49. The van der Waals surface area contributed by atoms with E-state index in [9.17, 15) is 19.2 Å². The molecule has 0 fully saturated rings. The first kappa shape index (κ1) is 35.5. The molecule has 48 heavy (non-hydrogen) atoms. The average Bonchev–Trinajstić information content (AvgIpc) is 3.07. The van der Waals surface area contributed by atoms with Crippen molar-refractivity contribution in [2.75, 3.05) is 26.9 Å². The number of urea groups is 1. The van der Waals surface area contributed by atoms with Crippen LogP contribution in [0.15, 0.2) is 81.5 Å². The van der Waals surface area contributed by atoms with Crippen LogP contribution in [0, 0.1) is 0 Å². The molecule has 14 heteroatoms. The van der Waals surface area contributed by atoms with Crippen molar-refractivity contribution in [1.29, 1.82) is 0 Å². The minimum Gasteiger partial charge on any atom is -0.493 e. The van der Waals surface area contributed by atoms with E-state index in [1.54, 1.807) is 81.4 Å². The molecule has 0 saturated heterocycles. The third-order valence-electron chi connectivity index (χ3n) is 6.86. The lowest BCUT2D eigenvalue weighted by atomic mass is 9.95. The number of nitrogens with one attached hydrogen (secondary N) is 3. The predicted octanol–water partition coefficient (Wildman–Crippen LogP) is 4.93. The number of hydrazone groups is 1. The summed E-state index contributed by atoms with van der Waals surface area (Å²) in [7, 11) is 1.43. The molecule has 0 aromatic heterocycles. The third-order valence-corrected chi connectivity index (χ3v) is 7.48. The smallest absolute Gasteiger partial charge is 0.338 e. The second-order valence-corrected chi connectivity index (χ2v) is 11.0. The van der Waals surface area contributed by atoms with Gasteiger partial charge in [0, 0.05) is 5.70 Å². The van der Waals surface area contributed by atoms with Crippen molar-refractivity contribution in [3.8, 4) is 17.2 Å². The fourth-order valence-corrected chi connectivity index (χ4v) is 5.10. The fraction of sp³-hybridized carbons (Fsp3) is 0.265. The number of hydrogen-bond donors (Lipinski definition) is 3. The number of esters is 2. The predicted molar refractivity (Wildman–Crippen MR) is 179 cm³/mol. The number of amides is 3. The van der Waals surface area contributed by atoms with E-state index in [2.05, 4.69) is 37.1 Å². The molecule has 13 nitrogen and oxygen atoms in total. The Labute approximate surface area is 285 Å². The van der Waals surface area contributed by atoms with E-state index in [0.717, 1.165) is 5.56 Å². The normalized spacial score (nSPS) is 14.1. The molecule has 0 radical (unpaired) electrons. The summed E-state index contributed by atoms with van der Waals surface area (Å²) in [5.74, 6) is -0.279. The van der Waals surface area contributed by atoms with E-state index in [4.69, 9.17) is 23.7 Å². The molecule has 0 spiro atoms. The zero-order valence-corrected chi connectivity index (χ0v) is 28.3. The molecule has 1 aliphatic rings. The van der Waals surface area contributed by atoms with Gasteiger partial charge in [0.2, 0.25) is 0 Å². The number of carbonyl (C=O) groups is 4. The molecule has 3 N–H and O–H groups in total. The van der Waals surface area contributed by atoms with Crippen LogP contribution in [0.25, 0.3) is 0 Å². The third kappa shape index (κ3) is 9.35. The van der Waals surface area contributed by atoms with Crippen LogP contribution in [0.4, 0.5) is 4.79 Å². The molecule has 1 aliphatic heterocycles. The molecule has 1 heterocycles. The van der Waals surface area contributed by atoms with Crippen LogP contribution in [-0.4, -0.2) is 57.0 Å². The van der Waals surface area contributed by atoms with Crippen molar-refractivity contribution in [3.05, 3.63) is 98.7 Å². The van der Waals surface area contributed by atoms with Gasteiger partial charge < -0.3 is 34.3 Å². The fourth-order valence-electron chi connectivity index (χ4n) is 4.59. The van der Waals surface area contributed by atoms with Gasteiger partial charge in [-0.25, -0.2) is 19.8 Å². The van der Waals surface area contributed by atoms with E-state index in [-0.39, 0.29) is 30.5 Å². The van der Waals surface area contributed by atoms with Gasteiger partial charge in [-0.1, -0.05) is 18.2 Å². The first-order valence-electron chi connectivity index (χ1n) is 14.9. The minimum atomic E-state index is -0.782. The van der Waals surface area contributed by atoms with Gasteiger partial charge in [-0.2, -0.15) is 5.10 Å². The summed E-state index contributed by atoms with van der Waals surface area (Å²) in [5.41, 5.74) is 5.66. The molecule has 3 amide bonds. The van der Waals surface area contributed by atoms with E-state index in [1.807, 2.05) is 0 Å². The van der Waals surface area contributed by atoms with Gasteiger partial charge >= 0.3 is 18.0 Å². The zero-order chi connectivity index (χ0) is 34.6. The van der Waals surface area contributed by atoms with Crippen molar-refractivity contribution in [3.63, 3.8) is 0 Å². The van der Waals surface area contributed by atoms with Crippen LogP contribution >= 0.6 is 15.9 Å². The highest BCUT2D eigenvalue weighted by Crippen LogP contribution is 2.34. The molecule has 4 rings (SSSR count). The lowest BCUT2D eigenvalue weighted by Crippen LogP contribution is -2.45. The van der Waals surface area contributed by atoms with E-state index in [1.165, 1.54) is 13.3 Å². The Kier molecular flexibility index (Phi) is 12.5. The molecule has 3 aromatic rings. The number of carbonyl (C=O) groups excluding carboxylic acids is 4. The van der Waals surface area contributed by atoms with Crippen molar-refractivity contribution < 1.29 is 42.9 Å². The summed E-state index contributed by atoms with van der Waals surface area (Å²) in [4.78, 5) is 49.1. The first-order valence-corrected chi connectivity index (χ1v) is 15.7. The molecule has 0 unspecified atom stereocenters. The van der Waals surface area contributed by atoms with Crippen LogP contribution < -0.4 is 30.3 Å². The summed E-state index contributed by atoms with van der Waals surface area (Å²) >= 11 is 3.49. The molecular weight excluding hydrogens is 688 g/mol. The van der Waals surface area contributed by atoms with Gasteiger partial charge in [0.1, 0.15) is 12.4 Å². The summed E-state index contributed by atoms with van der Waals surface area (Å²) in [6, 6.07) is 15.9. The topological polar surface area (TPSA) is 163 Å². The molecular formula is C34H35BrN4O9. The highest BCUT2D eigenvalue weighted by molar-refractivity contribution is 9.10.